The Kier molecular flexibility index (Phi) is 7.23. The minimum atomic E-state index is -0.388. The Morgan fingerprint density at radius 2 is 1.83 bits per heavy atom. The zero-order valence-electron chi connectivity index (χ0n) is 17.5. The third-order valence-corrected chi connectivity index (χ3v) is 5.29. The first-order valence-corrected chi connectivity index (χ1v) is 10.1. The molecule has 1 atom stereocenters. The molecule has 2 aromatic carbocycles. The summed E-state index contributed by atoms with van der Waals surface area (Å²) in [6, 6.07) is 14.6. The predicted octanol–water partition coefficient (Wildman–Crippen LogP) is 3.25. The smallest absolute Gasteiger partial charge is 0.254 e. The van der Waals surface area contributed by atoms with Crippen molar-refractivity contribution in [1.82, 2.24) is 9.80 Å². The van der Waals surface area contributed by atoms with Crippen molar-refractivity contribution in [3.8, 4) is 0 Å². The van der Waals surface area contributed by atoms with Gasteiger partial charge in [-0.3, -0.25) is 9.69 Å². The minimum Gasteiger partial charge on any atom is -0.379 e. The summed E-state index contributed by atoms with van der Waals surface area (Å²) in [6.45, 7) is 6.48. The van der Waals surface area contributed by atoms with Crippen LogP contribution in [-0.4, -0.2) is 68.7 Å². The lowest BCUT2D eigenvalue weighted by Crippen LogP contribution is -2.48. The second kappa shape index (κ2) is 9.85. The topological polar surface area (TPSA) is 36.0 Å². The van der Waals surface area contributed by atoms with Crippen LogP contribution in [0.3, 0.4) is 0 Å². The van der Waals surface area contributed by atoms with Crippen LogP contribution >= 0.6 is 0 Å². The summed E-state index contributed by atoms with van der Waals surface area (Å²) >= 11 is 0. The molecule has 0 bridgehead atoms. The van der Waals surface area contributed by atoms with E-state index in [2.05, 4.69) is 11.8 Å². The average molecular weight is 400 g/mol. The average Bonchev–Trinajstić information content (AvgIpc) is 2.72. The molecule has 5 nitrogen and oxygen atoms in total. The Hall–Kier alpha value is -2.44. The molecule has 1 aliphatic heterocycles. The number of carbonyl (C=O) groups is 1. The first-order valence-electron chi connectivity index (χ1n) is 10.1. The molecule has 0 saturated carbocycles. The summed E-state index contributed by atoms with van der Waals surface area (Å²) in [4.78, 5) is 19.2. The van der Waals surface area contributed by atoms with Gasteiger partial charge >= 0.3 is 0 Å². The van der Waals surface area contributed by atoms with E-state index in [0.717, 1.165) is 38.4 Å². The highest BCUT2D eigenvalue weighted by atomic mass is 19.1. The quantitative estimate of drug-likeness (QED) is 0.716. The lowest BCUT2D eigenvalue weighted by Gasteiger charge is -2.35. The molecule has 2 aromatic rings. The van der Waals surface area contributed by atoms with E-state index in [1.54, 1.807) is 31.1 Å². The van der Waals surface area contributed by atoms with Gasteiger partial charge in [-0.2, -0.15) is 0 Å². The van der Waals surface area contributed by atoms with Crippen LogP contribution in [0.2, 0.25) is 0 Å². The molecule has 1 saturated heterocycles. The largest absolute Gasteiger partial charge is 0.379 e. The van der Waals surface area contributed by atoms with Crippen molar-refractivity contribution in [3.05, 3.63) is 65.5 Å². The molecule has 6 heteroatoms. The van der Waals surface area contributed by atoms with Gasteiger partial charge in [-0.1, -0.05) is 30.3 Å². The molecule has 0 aliphatic carbocycles. The SMILES string of the molecule is CC(CN1CCOCC1)N(Cc1ccccc1)C(=O)c1ccc(N(C)C)c(F)c1. The van der Waals surface area contributed by atoms with Crippen molar-refractivity contribution < 1.29 is 13.9 Å². The fourth-order valence-electron chi connectivity index (χ4n) is 3.63. The van der Waals surface area contributed by atoms with Crippen molar-refractivity contribution >= 4 is 11.6 Å². The van der Waals surface area contributed by atoms with Crippen LogP contribution in [0.5, 0.6) is 0 Å². The van der Waals surface area contributed by atoms with Gasteiger partial charge in [-0.15, -0.1) is 0 Å². The highest BCUT2D eigenvalue weighted by molar-refractivity contribution is 5.94. The summed E-state index contributed by atoms with van der Waals surface area (Å²) in [5.74, 6) is -0.542. The Morgan fingerprint density at radius 3 is 2.45 bits per heavy atom. The number of morpholine rings is 1. The van der Waals surface area contributed by atoms with Gasteiger partial charge in [0.2, 0.25) is 0 Å². The number of ether oxygens (including phenoxy) is 1. The first-order chi connectivity index (χ1) is 14.0. The van der Waals surface area contributed by atoms with Gasteiger partial charge in [-0.05, 0) is 30.7 Å². The van der Waals surface area contributed by atoms with Gasteiger partial charge in [-0.25, -0.2) is 4.39 Å². The molecule has 29 heavy (non-hydrogen) atoms. The lowest BCUT2D eigenvalue weighted by atomic mass is 10.1. The summed E-state index contributed by atoms with van der Waals surface area (Å²) in [5.41, 5.74) is 1.90. The number of hydrogen-bond acceptors (Lipinski definition) is 4. The zero-order valence-corrected chi connectivity index (χ0v) is 17.5. The van der Waals surface area contributed by atoms with Gasteiger partial charge in [0.05, 0.1) is 18.9 Å². The molecule has 0 N–H and O–H groups in total. The van der Waals surface area contributed by atoms with E-state index in [0.29, 0.717) is 17.8 Å². The maximum Gasteiger partial charge on any atom is 0.254 e. The van der Waals surface area contributed by atoms with Crippen LogP contribution in [-0.2, 0) is 11.3 Å². The van der Waals surface area contributed by atoms with Gasteiger partial charge in [0.25, 0.3) is 5.91 Å². The van der Waals surface area contributed by atoms with E-state index in [1.165, 1.54) is 6.07 Å². The van der Waals surface area contributed by atoms with Crippen LogP contribution in [0.4, 0.5) is 10.1 Å². The first kappa shape index (κ1) is 21.3. The number of anilines is 1. The second-order valence-corrected chi connectivity index (χ2v) is 7.74. The number of benzene rings is 2. The fourth-order valence-corrected chi connectivity index (χ4v) is 3.63. The Morgan fingerprint density at radius 1 is 1.14 bits per heavy atom. The molecule has 1 heterocycles. The maximum atomic E-state index is 14.5. The van der Waals surface area contributed by atoms with Crippen molar-refractivity contribution in [1.29, 1.82) is 0 Å². The summed E-state index contributed by atoms with van der Waals surface area (Å²) in [6.07, 6.45) is 0. The van der Waals surface area contributed by atoms with E-state index in [-0.39, 0.29) is 17.8 Å². The maximum absolute atomic E-state index is 14.5. The molecule has 1 aliphatic rings. The Labute approximate surface area is 172 Å². The van der Waals surface area contributed by atoms with Gasteiger partial charge in [0.15, 0.2) is 0 Å². The molecule has 1 fully saturated rings. The van der Waals surface area contributed by atoms with Crippen LogP contribution in [0, 0.1) is 5.82 Å². The number of carbonyl (C=O) groups excluding carboxylic acids is 1. The van der Waals surface area contributed by atoms with Crippen molar-refractivity contribution in [2.45, 2.75) is 19.5 Å². The fraction of sp³-hybridized carbons (Fsp3) is 0.435. The molecule has 1 unspecified atom stereocenters. The number of rotatable bonds is 7. The van der Waals surface area contributed by atoms with Crippen LogP contribution in [0.25, 0.3) is 0 Å². The van der Waals surface area contributed by atoms with Crippen LogP contribution < -0.4 is 4.90 Å². The van der Waals surface area contributed by atoms with Gasteiger partial charge in [0.1, 0.15) is 5.82 Å². The standard InChI is InChI=1S/C23H30FN3O2/c1-18(16-26-11-13-29-14-12-26)27(17-19-7-5-4-6-8-19)23(28)20-9-10-22(25(2)3)21(24)15-20/h4-10,15,18H,11-14,16-17H2,1-3H3. The highest BCUT2D eigenvalue weighted by Gasteiger charge is 2.25. The molecular formula is C23H30FN3O2. The monoisotopic (exact) mass is 399 g/mol. The Bertz CT molecular complexity index is 807. The molecule has 1 amide bonds. The van der Waals surface area contributed by atoms with Crippen LogP contribution in [0.1, 0.15) is 22.8 Å². The summed E-state index contributed by atoms with van der Waals surface area (Å²) in [7, 11) is 3.57. The van der Waals surface area contributed by atoms with E-state index < -0.39 is 0 Å². The van der Waals surface area contributed by atoms with E-state index in [4.69, 9.17) is 4.74 Å². The van der Waals surface area contributed by atoms with E-state index in [1.807, 2.05) is 35.2 Å². The molecule has 0 aromatic heterocycles. The van der Waals surface area contributed by atoms with Crippen molar-refractivity contribution in [2.24, 2.45) is 0 Å². The molecule has 156 valence electrons. The molecule has 0 spiro atoms. The zero-order chi connectivity index (χ0) is 20.8. The number of hydrogen-bond donors (Lipinski definition) is 0. The van der Waals surface area contributed by atoms with Crippen LogP contribution in [0.15, 0.2) is 48.5 Å². The van der Waals surface area contributed by atoms with E-state index in [9.17, 15) is 9.18 Å². The van der Waals surface area contributed by atoms with Gasteiger partial charge in [0, 0.05) is 51.9 Å². The molecule has 3 rings (SSSR count). The molecular weight excluding hydrogens is 369 g/mol. The lowest BCUT2D eigenvalue weighted by molar-refractivity contribution is 0.0228. The third-order valence-electron chi connectivity index (χ3n) is 5.29. The number of nitrogens with zero attached hydrogens (tertiary/aromatic N) is 3. The minimum absolute atomic E-state index is 0.0163. The van der Waals surface area contributed by atoms with Crippen molar-refractivity contribution in [2.75, 3.05) is 51.8 Å². The predicted molar refractivity (Wildman–Crippen MR) is 114 cm³/mol. The normalized spacial score (nSPS) is 15.7. The summed E-state index contributed by atoms with van der Waals surface area (Å²) < 4.78 is 19.9. The number of halogens is 1. The molecule has 0 radical (unpaired) electrons. The third kappa shape index (κ3) is 5.55. The summed E-state index contributed by atoms with van der Waals surface area (Å²) in [5, 5.41) is 0. The number of amides is 1. The Balaban J connectivity index is 1.82. The second-order valence-electron chi connectivity index (χ2n) is 7.74. The highest BCUT2D eigenvalue weighted by Crippen LogP contribution is 2.21. The van der Waals surface area contributed by atoms with Crippen molar-refractivity contribution in [3.63, 3.8) is 0 Å². The van der Waals surface area contributed by atoms with E-state index >= 15 is 0 Å². The van der Waals surface area contributed by atoms with Gasteiger partial charge < -0.3 is 14.5 Å².